The highest BCUT2D eigenvalue weighted by Crippen LogP contribution is 2.41. The lowest BCUT2D eigenvalue weighted by atomic mass is 9.94. The van der Waals surface area contributed by atoms with Gasteiger partial charge in [-0.2, -0.15) is 0 Å². The van der Waals surface area contributed by atoms with Crippen LogP contribution >= 0.6 is 11.6 Å². The molecule has 2 heterocycles. The number of hydrogen-bond acceptors (Lipinski definition) is 3. The minimum atomic E-state index is -0.0303. The predicted octanol–water partition coefficient (Wildman–Crippen LogP) is 6.70. The molecule has 138 valence electrons. The molecule has 0 amide bonds. The Morgan fingerprint density at radius 3 is 1.96 bits per heavy atom. The number of hydrogen-bond donors (Lipinski definition) is 0. The summed E-state index contributed by atoms with van der Waals surface area (Å²) in [6.45, 7) is 2.16. The van der Waals surface area contributed by atoms with Gasteiger partial charge in [0.2, 0.25) is 0 Å². The maximum Gasteiger partial charge on any atom is 0.0603 e. The topological polar surface area (TPSA) is 29.0 Å². The van der Waals surface area contributed by atoms with E-state index >= 15 is 0 Å². The van der Waals surface area contributed by atoms with Crippen LogP contribution in [0, 0.1) is 0 Å². The van der Waals surface area contributed by atoms with Crippen LogP contribution in [-0.2, 0) is 0 Å². The van der Waals surface area contributed by atoms with Crippen LogP contribution in [0.2, 0.25) is 5.02 Å². The molecule has 0 aliphatic carbocycles. The lowest BCUT2D eigenvalue weighted by molar-refractivity contribution is 0.772. The van der Waals surface area contributed by atoms with Gasteiger partial charge in [-0.1, -0.05) is 54.1 Å². The Labute approximate surface area is 170 Å². The van der Waals surface area contributed by atoms with Crippen molar-refractivity contribution in [1.82, 2.24) is 9.97 Å². The molecule has 3 nitrogen and oxygen atoms in total. The summed E-state index contributed by atoms with van der Waals surface area (Å²) in [4.78, 5) is 10.8. The summed E-state index contributed by atoms with van der Waals surface area (Å²) >= 11 is 6.74. The van der Waals surface area contributed by atoms with Crippen LogP contribution in [0.1, 0.15) is 18.5 Å². The van der Waals surface area contributed by atoms with Gasteiger partial charge in [0.15, 0.2) is 0 Å². The van der Waals surface area contributed by atoms with Crippen LogP contribution in [0.3, 0.4) is 0 Å². The number of benzene rings is 2. The van der Waals surface area contributed by atoms with E-state index in [0.29, 0.717) is 0 Å². The number of nitrogens with zero attached hydrogens (tertiary/aromatic N) is 3. The molecular weight excluding hydrogens is 366 g/mol. The summed E-state index contributed by atoms with van der Waals surface area (Å²) in [7, 11) is 0. The third-order valence-electron chi connectivity index (χ3n) is 4.79. The van der Waals surface area contributed by atoms with E-state index in [1.54, 1.807) is 12.4 Å². The molecular formula is C24H20ClN3. The maximum absolute atomic E-state index is 6.74. The van der Waals surface area contributed by atoms with E-state index in [1.165, 1.54) is 0 Å². The molecule has 0 spiro atoms. The second-order valence-corrected chi connectivity index (χ2v) is 6.94. The molecule has 0 radical (unpaired) electrons. The fourth-order valence-electron chi connectivity index (χ4n) is 3.55. The van der Waals surface area contributed by atoms with Crippen LogP contribution in [-0.4, -0.2) is 9.97 Å². The fourth-order valence-corrected chi connectivity index (χ4v) is 3.88. The van der Waals surface area contributed by atoms with Crippen molar-refractivity contribution < 1.29 is 0 Å². The first kappa shape index (κ1) is 18.2. The van der Waals surface area contributed by atoms with Crippen molar-refractivity contribution in [1.29, 1.82) is 0 Å². The van der Waals surface area contributed by atoms with E-state index in [0.717, 1.165) is 33.1 Å². The molecule has 0 aliphatic heterocycles. The molecule has 0 saturated carbocycles. The lowest BCUT2D eigenvalue weighted by Crippen LogP contribution is -2.22. The predicted molar refractivity (Wildman–Crippen MR) is 116 cm³/mol. The molecule has 4 rings (SSSR count). The highest BCUT2D eigenvalue weighted by Gasteiger charge is 2.24. The van der Waals surface area contributed by atoms with Crippen molar-refractivity contribution in [2.45, 2.75) is 13.0 Å². The summed E-state index contributed by atoms with van der Waals surface area (Å²) in [5.74, 6) is 0. The van der Waals surface area contributed by atoms with Gasteiger partial charge in [-0.15, -0.1) is 0 Å². The number of anilines is 2. The van der Waals surface area contributed by atoms with Gasteiger partial charge in [0.05, 0.1) is 29.8 Å². The monoisotopic (exact) mass is 385 g/mol. The van der Waals surface area contributed by atoms with Gasteiger partial charge < -0.3 is 4.90 Å². The summed E-state index contributed by atoms with van der Waals surface area (Å²) in [6.07, 6.45) is 7.28. The molecule has 1 unspecified atom stereocenters. The van der Waals surface area contributed by atoms with Gasteiger partial charge in [-0.25, -0.2) is 0 Å². The molecule has 1 atom stereocenters. The van der Waals surface area contributed by atoms with Crippen LogP contribution in [0.4, 0.5) is 11.4 Å². The van der Waals surface area contributed by atoms with Crippen molar-refractivity contribution in [3.8, 4) is 11.1 Å². The Kier molecular flexibility index (Phi) is 5.36. The van der Waals surface area contributed by atoms with E-state index in [-0.39, 0.29) is 6.04 Å². The zero-order chi connectivity index (χ0) is 19.3. The van der Waals surface area contributed by atoms with E-state index in [9.17, 15) is 0 Å². The standard InChI is InChI=1S/C24H20ClN3/c1-18(24-22(12-5-13-23(24)25)19-8-3-2-4-9-19)28(20-10-6-14-26-16-20)21-11-7-15-27-17-21/h2-18H,1H3. The highest BCUT2D eigenvalue weighted by molar-refractivity contribution is 6.31. The first-order valence-electron chi connectivity index (χ1n) is 9.19. The minimum absolute atomic E-state index is 0.0303. The molecule has 4 heteroatoms. The average molecular weight is 386 g/mol. The minimum Gasteiger partial charge on any atom is -0.332 e. The van der Waals surface area contributed by atoms with E-state index < -0.39 is 0 Å². The number of halogens is 1. The second-order valence-electron chi connectivity index (χ2n) is 6.54. The van der Waals surface area contributed by atoms with Crippen LogP contribution in [0.15, 0.2) is 97.6 Å². The zero-order valence-corrected chi connectivity index (χ0v) is 16.3. The molecule has 2 aromatic heterocycles. The summed E-state index contributed by atoms with van der Waals surface area (Å²) in [5.41, 5.74) is 5.31. The summed E-state index contributed by atoms with van der Waals surface area (Å²) < 4.78 is 0. The Morgan fingerprint density at radius 1 is 0.750 bits per heavy atom. The van der Waals surface area contributed by atoms with E-state index in [2.05, 4.69) is 52.1 Å². The van der Waals surface area contributed by atoms with Crippen molar-refractivity contribution >= 4 is 23.0 Å². The van der Waals surface area contributed by atoms with Gasteiger partial charge in [0, 0.05) is 23.0 Å². The molecule has 0 N–H and O–H groups in total. The molecule has 2 aromatic carbocycles. The van der Waals surface area contributed by atoms with Crippen LogP contribution in [0.5, 0.6) is 0 Å². The molecule has 0 fully saturated rings. The van der Waals surface area contributed by atoms with Gasteiger partial charge in [-0.05, 0) is 48.4 Å². The van der Waals surface area contributed by atoms with Gasteiger partial charge in [-0.3, -0.25) is 9.97 Å². The number of aromatic nitrogens is 2. The quantitative estimate of drug-likeness (QED) is 0.383. The van der Waals surface area contributed by atoms with Crippen molar-refractivity contribution in [3.63, 3.8) is 0 Å². The molecule has 0 aliphatic rings. The van der Waals surface area contributed by atoms with Gasteiger partial charge in [0.25, 0.3) is 0 Å². The molecule has 28 heavy (non-hydrogen) atoms. The van der Waals surface area contributed by atoms with E-state index in [4.69, 9.17) is 11.6 Å². The lowest BCUT2D eigenvalue weighted by Gasteiger charge is -2.33. The Morgan fingerprint density at radius 2 is 1.39 bits per heavy atom. The summed E-state index contributed by atoms with van der Waals surface area (Å²) in [6, 6.07) is 24.4. The van der Waals surface area contributed by atoms with Crippen molar-refractivity contribution in [2.75, 3.05) is 4.90 Å². The van der Waals surface area contributed by atoms with Crippen molar-refractivity contribution in [2.24, 2.45) is 0 Å². The van der Waals surface area contributed by atoms with Crippen LogP contribution in [0.25, 0.3) is 11.1 Å². The molecule has 0 saturated heterocycles. The van der Waals surface area contributed by atoms with Gasteiger partial charge >= 0.3 is 0 Å². The third kappa shape index (κ3) is 3.62. The fraction of sp³-hybridized carbons (Fsp3) is 0.0833. The number of rotatable bonds is 5. The first-order chi connectivity index (χ1) is 13.8. The van der Waals surface area contributed by atoms with Gasteiger partial charge in [0.1, 0.15) is 0 Å². The Balaban J connectivity index is 1.88. The summed E-state index contributed by atoms with van der Waals surface area (Å²) in [5, 5.41) is 0.742. The smallest absolute Gasteiger partial charge is 0.0603 e. The highest BCUT2D eigenvalue weighted by atomic mass is 35.5. The average Bonchev–Trinajstić information content (AvgIpc) is 2.76. The Bertz CT molecular complexity index is 998. The van der Waals surface area contributed by atoms with Crippen molar-refractivity contribution in [3.05, 3.63) is 108 Å². The molecule has 4 aromatic rings. The normalized spacial score (nSPS) is 11.8. The van der Waals surface area contributed by atoms with Crippen LogP contribution < -0.4 is 4.90 Å². The SMILES string of the molecule is CC(c1c(Cl)cccc1-c1ccccc1)N(c1cccnc1)c1cccnc1. The first-order valence-corrected chi connectivity index (χ1v) is 9.56. The number of pyridine rings is 2. The second kappa shape index (κ2) is 8.24. The van der Waals surface area contributed by atoms with E-state index in [1.807, 2.05) is 54.9 Å². The molecule has 0 bridgehead atoms. The third-order valence-corrected chi connectivity index (χ3v) is 5.12. The zero-order valence-electron chi connectivity index (χ0n) is 15.5. The maximum atomic E-state index is 6.74. The largest absolute Gasteiger partial charge is 0.332 e. The Hall–Kier alpha value is -3.17.